The molecule has 0 radical (unpaired) electrons. The van der Waals surface area contributed by atoms with Crippen molar-refractivity contribution in [1.29, 1.82) is 0 Å². The zero-order valence-electron chi connectivity index (χ0n) is 14.5. The van der Waals surface area contributed by atoms with Crippen LogP contribution in [-0.2, 0) is 12.8 Å². The zero-order valence-corrected chi connectivity index (χ0v) is 14.5. The number of hydrogen-bond acceptors (Lipinski definition) is 2. The highest BCUT2D eigenvalue weighted by Crippen LogP contribution is 2.35. The molecule has 1 unspecified atom stereocenters. The maximum Gasteiger partial charge on any atom is 0.335 e. The Kier molecular flexibility index (Phi) is 4.35. The molecule has 0 fully saturated rings. The predicted octanol–water partition coefficient (Wildman–Crippen LogP) is 4.83. The summed E-state index contributed by atoms with van der Waals surface area (Å²) in [5.74, 6) is 0.458. The summed E-state index contributed by atoms with van der Waals surface area (Å²) in [6.45, 7) is 6.53. The van der Waals surface area contributed by atoms with Gasteiger partial charge in [-0.3, -0.25) is 0 Å². The van der Waals surface area contributed by atoms with Crippen LogP contribution in [0.1, 0.15) is 60.2 Å². The van der Waals surface area contributed by atoms with Crippen LogP contribution in [0.5, 0.6) is 5.75 Å². The number of aromatic carboxylic acids is 1. The van der Waals surface area contributed by atoms with Crippen molar-refractivity contribution in [3.05, 3.63) is 64.7 Å². The third kappa shape index (κ3) is 3.45. The van der Waals surface area contributed by atoms with E-state index in [1.165, 1.54) is 11.1 Å². The maximum atomic E-state index is 11.1. The summed E-state index contributed by atoms with van der Waals surface area (Å²) in [6.07, 6.45) is 2.58. The second kappa shape index (κ2) is 6.31. The minimum Gasteiger partial charge on any atom is -0.487 e. The summed E-state index contributed by atoms with van der Waals surface area (Å²) >= 11 is 0. The molecule has 2 aromatic carbocycles. The van der Waals surface area contributed by atoms with Crippen molar-refractivity contribution in [3.63, 3.8) is 0 Å². The van der Waals surface area contributed by atoms with E-state index in [2.05, 4.69) is 45.0 Å². The SMILES string of the molecule is CC(C)c1ccc(CC2(C)CCc3cc(C(=O)O)ccc3O2)cc1. The second-order valence-electron chi connectivity index (χ2n) is 7.25. The van der Waals surface area contributed by atoms with E-state index in [1.54, 1.807) is 18.2 Å². The van der Waals surface area contributed by atoms with E-state index in [4.69, 9.17) is 9.84 Å². The first kappa shape index (κ1) is 16.6. The number of hydrogen-bond donors (Lipinski definition) is 1. The number of ether oxygens (including phenoxy) is 1. The Balaban J connectivity index is 1.76. The number of carboxylic acids is 1. The maximum absolute atomic E-state index is 11.1. The lowest BCUT2D eigenvalue weighted by Gasteiger charge is -2.36. The van der Waals surface area contributed by atoms with Gasteiger partial charge in [-0.2, -0.15) is 0 Å². The summed E-state index contributed by atoms with van der Waals surface area (Å²) in [5, 5.41) is 9.10. The standard InChI is InChI=1S/C21H24O3/c1-14(2)16-6-4-15(5-7-16)13-21(3)11-10-17-12-18(20(22)23)8-9-19(17)24-21/h4-9,12,14H,10-11,13H2,1-3H3,(H,22,23). The smallest absolute Gasteiger partial charge is 0.335 e. The van der Waals surface area contributed by atoms with Crippen LogP contribution in [0, 0.1) is 0 Å². The van der Waals surface area contributed by atoms with E-state index in [0.717, 1.165) is 30.6 Å². The van der Waals surface area contributed by atoms with E-state index in [1.807, 2.05) is 0 Å². The third-order valence-corrected chi connectivity index (χ3v) is 4.81. The van der Waals surface area contributed by atoms with Crippen molar-refractivity contribution in [1.82, 2.24) is 0 Å². The van der Waals surface area contributed by atoms with Gasteiger partial charge in [0.15, 0.2) is 0 Å². The molecule has 24 heavy (non-hydrogen) atoms. The van der Waals surface area contributed by atoms with Crippen LogP contribution in [0.3, 0.4) is 0 Å². The zero-order chi connectivity index (χ0) is 17.3. The molecule has 0 aromatic heterocycles. The van der Waals surface area contributed by atoms with Crippen molar-refractivity contribution in [3.8, 4) is 5.75 Å². The summed E-state index contributed by atoms with van der Waals surface area (Å²) < 4.78 is 6.24. The normalized spacial score (nSPS) is 19.7. The van der Waals surface area contributed by atoms with Gasteiger partial charge in [0.05, 0.1) is 5.56 Å². The minimum atomic E-state index is -0.892. The molecule has 1 heterocycles. The lowest BCUT2D eigenvalue weighted by molar-refractivity contribution is 0.0649. The van der Waals surface area contributed by atoms with Crippen LogP contribution >= 0.6 is 0 Å². The van der Waals surface area contributed by atoms with E-state index in [9.17, 15) is 4.79 Å². The highest BCUT2D eigenvalue weighted by atomic mass is 16.5. The molecule has 0 aliphatic carbocycles. The molecule has 3 nitrogen and oxygen atoms in total. The molecule has 0 saturated carbocycles. The van der Waals surface area contributed by atoms with Crippen LogP contribution in [-0.4, -0.2) is 16.7 Å². The van der Waals surface area contributed by atoms with Gasteiger partial charge < -0.3 is 9.84 Å². The predicted molar refractivity (Wildman–Crippen MR) is 95.0 cm³/mol. The molecule has 0 spiro atoms. The summed E-state index contributed by atoms with van der Waals surface area (Å²) in [4.78, 5) is 11.1. The van der Waals surface area contributed by atoms with Crippen molar-refractivity contribution < 1.29 is 14.6 Å². The molecule has 1 aliphatic rings. The van der Waals surface area contributed by atoms with Gasteiger partial charge in [-0.15, -0.1) is 0 Å². The Morgan fingerprint density at radius 2 is 1.92 bits per heavy atom. The lowest BCUT2D eigenvalue weighted by atomic mass is 9.86. The Bertz CT molecular complexity index is 746. The first-order chi connectivity index (χ1) is 11.4. The monoisotopic (exact) mass is 324 g/mol. The lowest BCUT2D eigenvalue weighted by Crippen LogP contribution is -2.38. The number of benzene rings is 2. The Labute approximate surface area is 143 Å². The molecule has 1 aliphatic heterocycles. The van der Waals surface area contributed by atoms with Gasteiger partial charge in [-0.05, 0) is 60.6 Å². The van der Waals surface area contributed by atoms with E-state index < -0.39 is 5.97 Å². The van der Waals surface area contributed by atoms with Gasteiger partial charge in [-0.1, -0.05) is 38.1 Å². The number of aryl methyl sites for hydroxylation is 1. The molecule has 3 rings (SSSR count). The number of carbonyl (C=O) groups is 1. The summed E-state index contributed by atoms with van der Waals surface area (Å²) in [5.41, 5.74) is 3.68. The van der Waals surface area contributed by atoms with Gasteiger partial charge in [0.25, 0.3) is 0 Å². The third-order valence-electron chi connectivity index (χ3n) is 4.81. The highest BCUT2D eigenvalue weighted by molar-refractivity contribution is 5.88. The van der Waals surface area contributed by atoms with E-state index in [-0.39, 0.29) is 5.60 Å². The fourth-order valence-corrected chi connectivity index (χ4v) is 3.30. The van der Waals surface area contributed by atoms with Crippen molar-refractivity contribution in [2.45, 2.75) is 51.6 Å². The average molecular weight is 324 g/mol. The van der Waals surface area contributed by atoms with Gasteiger partial charge in [0.2, 0.25) is 0 Å². The van der Waals surface area contributed by atoms with Crippen LogP contribution in [0.4, 0.5) is 0 Å². The molecule has 1 atom stereocenters. The molecular weight excluding hydrogens is 300 g/mol. The molecule has 126 valence electrons. The van der Waals surface area contributed by atoms with Crippen molar-refractivity contribution >= 4 is 5.97 Å². The summed E-state index contributed by atoms with van der Waals surface area (Å²) in [7, 11) is 0. The Morgan fingerprint density at radius 3 is 2.54 bits per heavy atom. The van der Waals surface area contributed by atoms with Gasteiger partial charge in [0, 0.05) is 6.42 Å². The topological polar surface area (TPSA) is 46.5 Å². The molecule has 0 saturated heterocycles. The Hall–Kier alpha value is -2.29. The molecule has 0 bridgehead atoms. The second-order valence-corrected chi connectivity index (χ2v) is 7.25. The molecular formula is C21H24O3. The molecule has 1 N–H and O–H groups in total. The number of fused-ring (bicyclic) bond motifs is 1. The largest absolute Gasteiger partial charge is 0.487 e. The number of rotatable bonds is 4. The number of carboxylic acid groups (broad SMARTS) is 1. The van der Waals surface area contributed by atoms with Crippen LogP contribution in [0.2, 0.25) is 0 Å². The van der Waals surface area contributed by atoms with Gasteiger partial charge >= 0.3 is 5.97 Å². The average Bonchev–Trinajstić information content (AvgIpc) is 2.54. The van der Waals surface area contributed by atoms with Crippen molar-refractivity contribution in [2.24, 2.45) is 0 Å². The van der Waals surface area contributed by atoms with Gasteiger partial charge in [-0.25, -0.2) is 4.79 Å². The van der Waals surface area contributed by atoms with E-state index >= 15 is 0 Å². The molecule has 0 amide bonds. The highest BCUT2D eigenvalue weighted by Gasteiger charge is 2.32. The first-order valence-corrected chi connectivity index (χ1v) is 8.50. The fraction of sp³-hybridized carbons (Fsp3) is 0.381. The van der Waals surface area contributed by atoms with Gasteiger partial charge in [0.1, 0.15) is 11.4 Å². The van der Waals surface area contributed by atoms with Crippen LogP contribution < -0.4 is 4.74 Å². The minimum absolute atomic E-state index is 0.253. The first-order valence-electron chi connectivity index (χ1n) is 8.50. The summed E-state index contributed by atoms with van der Waals surface area (Å²) in [6, 6.07) is 13.9. The fourth-order valence-electron chi connectivity index (χ4n) is 3.30. The van der Waals surface area contributed by atoms with Crippen LogP contribution in [0.15, 0.2) is 42.5 Å². The quantitative estimate of drug-likeness (QED) is 0.876. The van der Waals surface area contributed by atoms with Crippen molar-refractivity contribution in [2.75, 3.05) is 0 Å². The molecule has 2 aromatic rings. The molecule has 3 heteroatoms. The Morgan fingerprint density at radius 1 is 1.21 bits per heavy atom. The van der Waals surface area contributed by atoms with Crippen LogP contribution in [0.25, 0.3) is 0 Å². The van der Waals surface area contributed by atoms with E-state index in [0.29, 0.717) is 11.5 Å².